The van der Waals surface area contributed by atoms with Crippen LogP contribution in [0.15, 0.2) is 42.5 Å². The van der Waals surface area contributed by atoms with E-state index in [-0.39, 0.29) is 17.9 Å². The lowest BCUT2D eigenvalue weighted by molar-refractivity contribution is 0.0475. The van der Waals surface area contributed by atoms with Gasteiger partial charge in [-0.05, 0) is 55.3 Å². The lowest BCUT2D eigenvalue weighted by Gasteiger charge is -2.17. The van der Waals surface area contributed by atoms with Crippen molar-refractivity contribution >= 4 is 17.5 Å². The number of carbonyl (C=O) groups is 2. The fraction of sp³-hybridized carbons (Fsp3) is 0.263. The molecule has 128 valence electrons. The molecule has 0 aromatic heterocycles. The summed E-state index contributed by atoms with van der Waals surface area (Å²) in [5.74, 6) is 0.554. The average molecular weight is 338 g/mol. The highest BCUT2D eigenvalue weighted by atomic mass is 16.5. The molecule has 0 saturated carbocycles. The predicted octanol–water partition coefficient (Wildman–Crippen LogP) is 2.84. The van der Waals surface area contributed by atoms with Gasteiger partial charge in [0, 0.05) is 12.3 Å². The molecule has 6 nitrogen and oxygen atoms in total. The minimum atomic E-state index is -0.293. The van der Waals surface area contributed by atoms with Crippen LogP contribution in [0.2, 0.25) is 0 Å². The molecule has 2 N–H and O–H groups in total. The molecule has 0 aliphatic carbocycles. The first-order valence-corrected chi connectivity index (χ1v) is 8.27. The standard InChI is InChI=1S/C19H18N2O4/c20-12-3-5-13(6-4-12)25-14-7-8-16-17(10-14)19(23)21(18(16)22)11-15-2-1-9-24-15/h3-8,10,15H,1-2,9,11,20H2/t15-/m1/s1. The molecule has 6 heteroatoms. The van der Waals surface area contributed by atoms with E-state index in [1.165, 1.54) is 4.90 Å². The first kappa shape index (κ1) is 15.7. The van der Waals surface area contributed by atoms with E-state index in [0.29, 0.717) is 41.5 Å². The van der Waals surface area contributed by atoms with Gasteiger partial charge >= 0.3 is 0 Å². The third-order valence-electron chi connectivity index (χ3n) is 4.47. The van der Waals surface area contributed by atoms with E-state index in [0.717, 1.165) is 12.8 Å². The normalized spacial score (nSPS) is 19.4. The Labute approximate surface area is 145 Å². The van der Waals surface area contributed by atoms with Gasteiger partial charge < -0.3 is 15.2 Å². The fourth-order valence-corrected chi connectivity index (χ4v) is 3.16. The Bertz CT molecular complexity index is 826. The number of hydrogen-bond donors (Lipinski definition) is 1. The molecule has 2 aromatic carbocycles. The number of amides is 2. The molecule has 25 heavy (non-hydrogen) atoms. The fourth-order valence-electron chi connectivity index (χ4n) is 3.16. The number of nitrogens with zero attached hydrogens (tertiary/aromatic N) is 1. The van der Waals surface area contributed by atoms with E-state index in [1.54, 1.807) is 42.5 Å². The van der Waals surface area contributed by atoms with Crippen molar-refractivity contribution in [1.29, 1.82) is 0 Å². The highest BCUT2D eigenvalue weighted by Gasteiger charge is 2.37. The van der Waals surface area contributed by atoms with Crippen molar-refractivity contribution < 1.29 is 19.1 Å². The smallest absolute Gasteiger partial charge is 0.261 e. The van der Waals surface area contributed by atoms with Gasteiger partial charge in [0.25, 0.3) is 11.8 Å². The van der Waals surface area contributed by atoms with Crippen LogP contribution in [-0.2, 0) is 4.74 Å². The first-order valence-electron chi connectivity index (χ1n) is 8.27. The molecule has 1 atom stereocenters. The minimum Gasteiger partial charge on any atom is -0.457 e. The summed E-state index contributed by atoms with van der Waals surface area (Å²) in [6, 6.07) is 11.9. The first-order chi connectivity index (χ1) is 12.1. The van der Waals surface area contributed by atoms with Crippen LogP contribution in [0.1, 0.15) is 33.6 Å². The van der Waals surface area contributed by atoms with Gasteiger partial charge in [-0.25, -0.2) is 0 Å². The molecule has 2 heterocycles. The molecule has 0 unspecified atom stereocenters. The molecule has 2 aliphatic heterocycles. The molecule has 0 bridgehead atoms. The summed E-state index contributed by atoms with van der Waals surface area (Å²) in [5.41, 5.74) is 7.08. The molecule has 0 spiro atoms. The number of fused-ring (bicyclic) bond motifs is 1. The summed E-state index contributed by atoms with van der Waals surface area (Å²) < 4.78 is 11.3. The van der Waals surface area contributed by atoms with Crippen molar-refractivity contribution in [1.82, 2.24) is 4.90 Å². The molecular formula is C19H18N2O4. The summed E-state index contributed by atoms with van der Waals surface area (Å²) in [7, 11) is 0. The number of hydrogen-bond acceptors (Lipinski definition) is 5. The van der Waals surface area contributed by atoms with Gasteiger partial charge in [0.2, 0.25) is 0 Å². The summed E-state index contributed by atoms with van der Waals surface area (Å²) in [4.78, 5) is 26.4. The van der Waals surface area contributed by atoms with Crippen molar-refractivity contribution in [3.8, 4) is 11.5 Å². The van der Waals surface area contributed by atoms with Crippen LogP contribution in [0.3, 0.4) is 0 Å². The van der Waals surface area contributed by atoms with Crippen LogP contribution in [0, 0.1) is 0 Å². The molecular weight excluding hydrogens is 320 g/mol. The predicted molar refractivity (Wildman–Crippen MR) is 91.7 cm³/mol. The molecule has 4 rings (SSSR count). The van der Waals surface area contributed by atoms with E-state index in [2.05, 4.69) is 0 Å². The van der Waals surface area contributed by atoms with Gasteiger partial charge in [0.05, 0.1) is 23.8 Å². The number of rotatable bonds is 4. The Morgan fingerprint density at radius 2 is 1.76 bits per heavy atom. The second-order valence-electron chi connectivity index (χ2n) is 6.23. The summed E-state index contributed by atoms with van der Waals surface area (Å²) in [5, 5.41) is 0. The van der Waals surface area contributed by atoms with Gasteiger partial charge in [0.1, 0.15) is 11.5 Å². The number of ether oxygens (including phenoxy) is 2. The maximum Gasteiger partial charge on any atom is 0.261 e. The van der Waals surface area contributed by atoms with Crippen molar-refractivity contribution in [2.45, 2.75) is 18.9 Å². The number of carbonyl (C=O) groups excluding carboxylic acids is 2. The van der Waals surface area contributed by atoms with E-state index in [1.807, 2.05) is 0 Å². The minimum absolute atomic E-state index is 0.0623. The second kappa shape index (κ2) is 6.22. The Balaban J connectivity index is 1.55. The van der Waals surface area contributed by atoms with Crippen molar-refractivity contribution in [3.05, 3.63) is 53.6 Å². The molecule has 1 saturated heterocycles. The molecule has 0 radical (unpaired) electrons. The average Bonchev–Trinajstić information content (AvgIpc) is 3.20. The Morgan fingerprint density at radius 1 is 1.04 bits per heavy atom. The second-order valence-corrected chi connectivity index (χ2v) is 6.23. The number of nitrogen functional groups attached to an aromatic ring is 1. The van der Waals surface area contributed by atoms with Crippen LogP contribution in [0.4, 0.5) is 5.69 Å². The quantitative estimate of drug-likeness (QED) is 0.685. The summed E-state index contributed by atoms with van der Waals surface area (Å²) in [6.07, 6.45) is 1.78. The topological polar surface area (TPSA) is 81.9 Å². The SMILES string of the molecule is Nc1ccc(Oc2ccc3c(c2)C(=O)N(C[C@H]2CCCO2)C3=O)cc1. The Hall–Kier alpha value is -2.86. The van der Waals surface area contributed by atoms with Gasteiger partial charge in [-0.2, -0.15) is 0 Å². The van der Waals surface area contributed by atoms with Gasteiger partial charge in [0.15, 0.2) is 0 Å². The summed E-state index contributed by atoms with van der Waals surface area (Å²) in [6.45, 7) is 0.994. The van der Waals surface area contributed by atoms with Gasteiger partial charge in [-0.3, -0.25) is 14.5 Å². The molecule has 2 amide bonds. The van der Waals surface area contributed by atoms with Crippen LogP contribution >= 0.6 is 0 Å². The number of nitrogens with two attached hydrogens (primary N) is 1. The van der Waals surface area contributed by atoms with Gasteiger partial charge in [-0.1, -0.05) is 0 Å². The van der Waals surface area contributed by atoms with E-state index < -0.39 is 0 Å². The van der Waals surface area contributed by atoms with Crippen molar-refractivity contribution in [3.63, 3.8) is 0 Å². The Morgan fingerprint density at radius 3 is 2.48 bits per heavy atom. The maximum atomic E-state index is 12.6. The summed E-state index contributed by atoms with van der Waals surface area (Å²) >= 11 is 0. The highest BCUT2D eigenvalue weighted by Crippen LogP contribution is 2.30. The molecule has 2 aliphatic rings. The lowest BCUT2D eigenvalue weighted by Crippen LogP contribution is -2.36. The number of imide groups is 1. The molecule has 1 fully saturated rings. The largest absolute Gasteiger partial charge is 0.457 e. The number of benzene rings is 2. The monoisotopic (exact) mass is 338 g/mol. The van der Waals surface area contributed by atoms with Crippen LogP contribution in [-0.4, -0.2) is 36.0 Å². The van der Waals surface area contributed by atoms with E-state index >= 15 is 0 Å². The van der Waals surface area contributed by atoms with Crippen LogP contribution in [0.5, 0.6) is 11.5 Å². The van der Waals surface area contributed by atoms with E-state index in [9.17, 15) is 9.59 Å². The third-order valence-corrected chi connectivity index (χ3v) is 4.47. The van der Waals surface area contributed by atoms with Gasteiger partial charge in [-0.15, -0.1) is 0 Å². The van der Waals surface area contributed by atoms with Crippen LogP contribution in [0.25, 0.3) is 0 Å². The zero-order valence-corrected chi connectivity index (χ0v) is 13.6. The highest BCUT2D eigenvalue weighted by molar-refractivity contribution is 6.21. The zero-order valence-electron chi connectivity index (χ0n) is 13.6. The third kappa shape index (κ3) is 2.96. The lowest BCUT2D eigenvalue weighted by atomic mass is 10.1. The zero-order chi connectivity index (χ0) is 17.4. The number of anilines is 1. The maximum absolute atomic E-state index is 12.6. The van der Waals surface area contributed by atoms with E-state index in [4.69, 9.17) is 15.2 Å². The van der Waals surface area contributed by atoms with Crippen LogP contribution < -0.4 is 10.5 Å². The van der Waals surface area contributed by atoms with Crippen molar-refractivity contribution in [2.75, 3.05) is 18.9 Å². The molecule has 2 aromatic rings. The van der Waals surface area contributed by atoms with Crippen molar-refractivity contribution in [2.24, 2.45) is 0 Å². The Kier molecular flexibility index (Phi) is 3.89.